The summed E-state index contributed by atoms with van der Waals surface area (Å²) in [6, 6.07) is 13.9. The van der Waals surface area contributed by atoms with Gasteiger partial charge in [-0.3, -0.25) is 9.78 Å². The van der Waals surface area contributed by atoms with Crippen LogP contribution in [0.1, 0.15) is 39.7 Å². The lowest BCUT2D eigenvalue weighted by Crippen LogP contribution is -2.39. The smallest absolute Gasteiger partial charge is 0.232 e. The second-order valence-electron chi connectivity index (χ2n) is 8.50. The molecular weight excluding hydrogens is 391 g/mol. The number of amides is 1. The number of carbonyl (C=O) groups excluding carboxylic acids is 1. The van der Waals surface area contributed by atoms with Gasteiger partial charge < -0.3 is 9.80 Å². The van der Waals surface area contributed by atoms with E-state index in [0.717, 1.165) is 30.0 Å². The normalized spacial score (nSPS) is 11.3. The van der Waals surface area contributed by atoms with Crippen LogP contribution in [-0.4, -0.2) is 22.4 Å². The SMILES string of the molecule is CCCN(c1ccncc1)c1ccc(CN(C(=O)C(C)(C)C)c2ccc(F)cc2)cn1. The summed E-state index contributed by atoms with van der Waals surface area (Å²) >= 11 is 0. The third-order valence-corrected chi connectivity index (χ3v) is 4.87. The fourth-order valence-corrected chi connectivity index (χ4v) is 3.28. The Kier molecular flexibility index (Phi) is 7.00. The maximum Gasteiger partial charge on any atom is 0.232 e. The van der Waals surface area contributed by atoms with Gasteiger partial charge in [-0.1, -0.05) is 33.8 Å². The summed E-state index contributed by atoms with van der Waals surface area (Å²) in [4.78, 5) is 25.7. The van der Waals surface area contributed by atoms with Crippen molar-refractivity contribution in [3.63, 3.8) is 0 Å². The third-order valence-electron chi connectivity index (χ3n) is 4.87. The zero-order valence-corrected chi connectivity index (χ0v) is 18.5. The molecule has 5 nitrogen and oxygen atoms in total. The van der Waals surface area contributed by atoms with Crippen LogP contribution in [0.15, 0.2) is 67.1 Å². The topological polar surface area (TPSA) is 49.3 Å². The lowest BCUT2D eigenvalue weighted by Gasteiger charge is -2.30. The Hall–Kier alpha value is -3.28. The van der Waals surface area contributed by atoms with Crippen molar-refractivity contribution in [2.75, 3.05) is 16.3 Å². The molecule has 0 aliphatic heterocycles. The van der Waals surface area contributed by atoms with Gasteiger partial charge in [0.05, 0.1) is 6.54 Å². The van der Waals surface area contributed by atoms with E-state index in [2.05, 4.69) is 21.8 Å². The van der Waals surface area contributed by atoms with Gasteiger partial charge in [-0.25, -0.2) is 9.37 Å². The van der Waals surface area contributed by atoms with E-state index >= 15 is 0 Å². The lowest BCUT2D eigenvalue weighted by atomic mass is 9.94. The number of pyridine rings is 2. The fraction of sp³-hybridized carbons (Fsp3) is 0.320. The molecule has 0 atom stereocenters. The summed E-state index contributed by atoms with van der Waals surface area (Å²) in [7, 11) is 0. The quantitative estimate of drug-likeness (QED) is 0.489. The first-order valence-corrected chi connectivity index (χ1v) is 10.5. The molecule has 0 saturated carbocycles. The first-order chi connectivity index (χ1) is 14.8. The van der Waals surface area contributed by atoms with Crippen molar-refractivity contribution in [2.24, 2.45) is 5.41 Å². The zero-order valence-electron chi connectivity index (χ0n) is 18.5. The average Bonchev–Trinajstić information content (AvgIpc) is 2.76. The summed E-state index contributed by atoms with van der Waals surface area (Å²) in [5.74, 6) is 0.477. The van der Waals surface area contributed by atoms with Gasteiger partial charge in [-0.15, -0.1) is 0 Å². The first-order valence-electron chi connectivity index (χ1n) is 10.5. The Labute approximate surface area is 183 Å². The monoisotopic (exact) mass is 420 g/mol. The standard InChI is InChI=1S/C25H29FN4O/c1-5-16-29(22-12-14-27-15-13-22)23-11-6-19(17-28-23)18-30(24(31)25(2,3)4)21-9-7-20(26)8-10-21/h6-15,17H,5,16,18H2,1-4H3. The van der Waals surface area contributed by atoms with Gasteiger partial charge in [-0.2, -0.15) is 0 Å². The second-order valence-corrected chi connectivity index (χ2v) is 8.50. The van der Waals surface area contributed by atoms with Gasteiger partial charge >= 0.3 is 0 Å². The van der Waals surface area contributed by atoms with E-state index < -0.39 is 5.41 Å². The Morgan fingerprint density at radius 2 is 1.65 bits per heavy atom. The largest absolute Gasteiger partial charge is 0.326 e. The van der Waals surface area contributed by atoms with Crippen LogP contribution in [0.5, 0.6) is 0 Å². The second kappa shape index (κ2) is 9.69. The minimum Gasteiger partial charge on any atom is -0.326 e. The highest BCUT2D eigenvalue weighted by molar-refractivity contribution is 5.96. The van der Waals surface area contributed by atoms with E-state index in [9.17, 15) is 9.18 Å². The van der Waals surface area contributed by atoms with E-state index in [0.29, 0.717) is 12.2 Å². The number of nitrogens with zero attached hydrogens (tertiary/aromatic N) is 4. The molecule has 31 heavy (non-hydrogen) atoms. The van der Waals surface area contributed by atoms with Crippen molar-refractivity contribution < 1.29 is 9.18 Å². The van der Waals surface area contributed by atoms with Crippen LogP contribution in [0.2, 0.25) is 0 Å². The zero-order chi connectivity index (χ0) is 22.4. The summed E-state index contributed by atoms with van der Waals surface area (Å²) in [6.07, 6.45) is 6.31. The van der Waals surface area contributed by atoms with Crippen LogP contribution in [0.25, 0.3) is 0 Å². The number of rotatable bonds is 7. The molecule has 0 radical (unpaired) electrons. The number of hydrogen-bond acceptors (Lipinski definition) is 4. The average molecular weight is 421 g/mol. The van der Waals surface area contributed by atoms with Crippen molar-refractivity contribution in [1.82, 2.24) is 9.97 Å². The van der Waals surface area contributed by atoms with E-state index in [1.165, 1.54) is 12.1 Å². The highest BCUT2D eigenvalue weighted by Crippen LogP contribution is 2.27. The lowest BCUT2D eigenvalue weighted by molar-refractivity contribution is -0.125. The van der Waals surface area contributed by atoms with Crippen molar-refractivity contribution in [1.29, 1.82) is 0 Å². The predicted molar refractivity (Wildman–Crippen MR) is 123 cm³/mol. The number of aromatic nitrogens is 2. The van der Waals surface area contributed by atoms with Gasteiger partial charge in [0.25, 0.3) is 0 Å². The van der Waals surface area contributed by atoms with Crippen molar-refractivity contribution in [3.05, 3.63) is 78.5 Å². The molecule has 0 N–H and O–H groups in total. The van der Waals surface area contributed by atoms with Crippen LogP contribution in [0, 0.1) is 11.2 Å². The van der Waals surface area contributed by atoms with Gasteiger partial charge in [0.1, 0.15) is 11.6 Å². The van der Waals surface area contributed by atoms with E-state index in [1.807, 2.05) is 45.0 Å². The van der Waals surface area contributed by atoms with Gasteiger partial charge in [0.15, 0.2) is 0 Å². The van der Waals surface area contributed by atoms with Crippen LogP contribution >= 0.6 is 0 Å². The Morgan fingerprint density at radius 3 is 2.19 bits per heavy atom. The Bertz CT molecular complexity index is 983. The molecule has 6 heteroatoms. The summed E-state index contributed by atoms with van der Waals surface area (Å²) in [5, 5.41) is 0. The van der Waals surface area contributed by atoms with Crippen LogP contribution in [0.4, 0.5) is 21.6 Å². The summed E-state index contributed by atoms with van der Waals surface area (Å²) in [5.41, 5.74) is 2.03. The molecule has 3 rings (SSSR count). The molecule has 2 aromatic heterocycles. The molecule has 0 spiro atoms. The highest BCUT2D eigenvalue weighted by Gasteiger charge is 2.28. The number of benzene rings is 1. The van der Waals surface area contributed by atoms with Crippen LogP contribution in [0.3, 0.4) is 0 Å². The molecule has 3 aromatic rings. The molecular formula is C25H29FN4O. The third kappa shape index (κ3) is 5.66. The van der Waals surface area contributed by atoms with E-state index in [-0.39, 0.29) is 11.7 Å². The highest BCUT2D eigenvalue weighted by atomic mass is 19.1. The number of hydrogen-bond donors (Lipinski definition) is 0. The molecule has 0 aliphatic carbocycles. The first kappa shape index (κ1) is 22.4. The minimum atomic E-state index is -0.568. The molecule has 0 aliphatic rings. The van der Waals surface area contributed by atoms with Crippen molar-refractivity contribution in [3.8, 4) is 0 Å². The molecule has 2 heterocycles. The maximum absolute atomic E-state index is 13.4. The van der Waals surface area contributed by atoms with Crippen LogP contribution < -0.4 is 9.80 Å². The number of anilines is 3. The Morgan fingerprint density at radius 1 is 0.968 bits per heavy atom. The summed E-state index contributed by atoms with van der Waals surface area (Å²) < 4.78 is 13.4. The molecule has 0 unspecified atom stereocenters. The molecule has 162 valence electrons. The fourth-order valence-electron chi connectivity index (χ4n) is 3.28. The maximum atomic E-state index is 13.4. The van der Waals surface area contributed by atoms with Gasteiger partial charge in [-0.05, 0) is 54.4 Å². The van der Waals surface area contributed by atoms with Crippen LogP contribution in [-0.2, 0) is 11.3 Å². The molecule has 1 amide bonds. The molecule has 0 saturated heterocycles. The van der Waals surface area contributed by atoms with Crippen molar-refractivity contribution in [2.45, 2.75) is 40.7 Å². The van der Waals surface area contributed by atoms with Gasteiger partial charge in [0.2, 0.25) is 5.91 Å². The summed E-state index contributed by atoms with van der Waals surface area (Å²) in [6.45, 7) is 8.96. The molecule has 0 bridgehead atoms. The predicted octanol–water partition coefficient (Wildman–Crippen LogP) is 5.74. The van der Waals surface area contributed by atoms with E-state index in [1.54, 1.807) is 35.6 Å². The number of carbonyl (C=O) groups is 1. The minimum absolute atomic E-state index is 0.0346. The van der Waals surface area contributed by atoms with Crippen molar-refractivity contribution >= 4 is 23.1 Å². The molecule has 1 aromatic carbocycles. The molecule has 0 fully saturated rings. The van der Waals surface area contributed by atoms with Gasteiger partial charge in [0, 0.05) is 41.9 Å². The number of halogens is 1. The Balaban J connectivity index is 1.87. The van der Waals surface area contributed by atoms with E-state index in [4.69, 9.17) is 0 Å².